The third-order valence-corrected chi connectivity index (χ3v) is 5.65. The molecule has 0 heterocycles. The lowest BCUT2D eigenvalue weighted by Crippen LogP contribution is -2.46. The van der Waals surface area contributed by atoms with Gasteiger partial charge in [-0.1, -0.05) is 6.42 Å². The Hall–Kier alpha value is -1.79. The second-order valence-electron chi connectivity index (χ2n) is 7.64. The highest BCUT2D eigenvalue weighted by Gasteiger charge is 2.30. The summed E-state index contributed by atoms with van der Waals surface area (Å²) < 4.78 is 4.98. The number of amides is 3. The molecule has 3 amide bonds. The van der Waals surface area contributed by atoms with Gasteiger partial charge >= 0.3 is 12.0 Å². The minimum absolute atomic E-state index is 0.00983. The topological polar surface area (TPSA) is 111 Å². The van der Waals surface area contributed by atoms with Gasteiger partial charge in [-0.3, -0.25) is 9.59 Å². The molecular formula is C19H33N3O4. The molecule has 0 aliphatic heterocycles. The molecule has 148 valence electrons. The first-order valence-electron chi connectivity index (χ1n) is 9.99. The summed E-state index contributed by atoms with van der Waals surface area (Å²) in [5, 5.41) is 5.92. The lowest BCUT2D eigenvalue weighted by Gasteiger charge is -2.32. The highest BCUT2D eigenvalue weighted by molar-refractivity contribution is 5.79. The van der Waals surface area contributed by atoms with Crippen molar-refractivity contribution >= 4 is 17.9 Å². The van der Waals surface area contributed by atoms with Crippen molar-refractivity contribution in [1.82, 2.24) is 10.6 Å². The van der Waals surface area contributed by atoms with Crippen molar-refractivity contribution in [3.8, 4) is 0 Å². The van der Waals surface area contributed by atoms with Crippen molar-refractivity contribution < 1.29 is 19.1 Å². The number of ether oxygens (including phenoxy) is 1. The molecule has 0 aromatic carbocycles. The van der Waals surface area contributed by atoms with Crippen molar-refractivity contribution in [2.24, 2.45) is 17.6 Å². The number of urea groups is 1. The third kappa shape index (κ3) is 6.84. The summed E-state index contributed by atoms with van der Waals surface area (Å²) in [6.07, 6.45) is 8.75. The van der Waals surface area contributed by atoms with Crippen molar-refractivity contribution in [3.05, 3.63) is 0 Å². The fourth-order valence-electron chi connectivity index (χ4n) is 4.23. The van der Waals surface area contributed by atoms with Crippen LogP contribution >= 0.6 is 0 Å². The molecule has 7 nitrogen and oxygen atoms in total. The molecule has 0 aromatic rings. The molecule has 2 unspecified atom stereocenters. The second-order valence-corrected chi connectivity index (χ2v) is 7.64. The molecule has 0 bridgehead atoms. The summed E-state index contributed by atoms with van der Waals surface area (Å²) in [5.41, 5.74) is 5.19. The summed E-state index contributed by atoms with van der Waals surface area (Å²) in [6.45, 7) is 2.26. The standard InChI is InChI=1S/C19H33N3O4/c1-2-26-17(23)11-8-13-6-9-15(10-7-13)21-18(24)14-4-3-5-16(12-14)22-19(20)25/h13-16H,2-12H2,1H3,(H,21,24)(H3,20,22,25). The lowest BCUT2D eigenvalue weighted by atomic mass is 9.82. The van der Waals surface area contributed by atoms with Crippen LogP contribution in [0.3, 0.4) is 0 Å². The van der Waals surface area contributed by atoms with E-state index in [0.717, 1.165) is 51.4 Å². The maximum atomic E-state index is 12.5. The second kappa shape index (κ2) is 10.4. The zero-order valence-corrected chi connectivity index (χ0v) is 15.8. The van der Waals surface area contributed by atoms with Crippen molar-refractivity contribution in [2.75, 3.05) is 6.61 Å². The van der Waals surface area contributed by atoms with Gasteiger partial charge in [-0.05, 0) is 64.2 Å². The average Bonchev–Trinajstić information content (AvgIpc) is 2.61. The first-order chi connectivity index (χ1) is 12.5. The molecule has 26 heavy (non-hydrogen) atoms. The Labute approximate surface area is 155 Å². The quantitative estimate of drug-likeness (QED) is 0.599. The van der Waals surface area contributed by atoms with Gasteiger partial charge in [-0.25, -0.2) is 4.79 Å². The van der Waals surface area contributed by atoms with Gasteiger partial charge in [-0.15, -0.1) is 0 Å². The number of hydrogen-bond donors (Lipinski definition) is 3. The fourth-order valence-corrected chi connectivity index (χ4v) is 4.23. The van der Waals surface area contributed by atoms with Crippen molar-refractivity contribution in [1.29, 1.82) is 0 Å². The van der Waals surface area contributed by atoms with E-state index in [1.54, 1.807) is 0 Å². The summed E-state index contributed by atoms with van der Waals surface area (Å²) in [7, 11) is 0. The molecule has 2 aliphatic rings. The fraction of sp³-hybridized carbons (Fsp3) is 0.842. The number of rotatable bonds is 7. The molecule has 0 radical (unpaired) electrons. The van der Waals surface area contributed by atoms with Crippen LogP contribution in [0.4, 0.5) is 4.79 Å². The van der Waals surface area contributed by atoms with E-state index >= 15 is 0 Å². The normalized spacial score (nSPS) is 28.8. The third-order valence-electron chi connectivity index (χ3n) is 5.65. The SMILES string of the molecule is CCOC(=O)CCC1CCC(NC(=O)C2CCCC(NC(N)=O)C2)CC1. The predicted octanol–water partition coefficient (Wildman–Crippen LogP) is 2.23. The molecule has 0 spiro atoms. The Morgan fingerprint density at radius 3 is 2.38 bits per heavy atom. The minimum atomic E-state index is -0.516. The highest BCUT2D eigenvalue weighted by Crippen LogP contribution is 2.29. The molecule has 0 aromatic heterocycles. The molecule has 2 rings (SSSR count). The number of hydrogen-bond acceptors (Lipinski definition) is 4. The van der Waals surface area contributed by atoms with E-state index in [1.807, 2.05) is 6.92 Å². The number of esters is 1. The monoisotopic (exact) mass is 367 g/mol. The number of nitrogens with one attached hydrogen (secondary N) is 2. The summed E-state index contributed by atoms with van der Waals surface area (Å²) in [6, 6.07) is -0.279. The van der Waals surface area contributed by atoms with Gasteiger partial charge in [0.25, 0.3) is 0 Å². The number of carbonyl (C=O) groups is 3. The molecule has 2 aliphatic carbocycles. The van der Waals surface area contributed by atoms with Crippen LogP contribution in [0.15, 0.2) is 0 Å². The van der Waals surface area contributed by atoms with Crippen LogP contribution in [0.1, 0.15) is 71.1 Å². The zero-order valence-electron chi connectivity index (χ0n) is 15.8. The van der Waals surface area contributed by atoms with Crippen LogP contribution < -0.4 is 16.4 Å². The van der Waals surface area contributed by atoms with E-state index in [1.165, 1.54) is 0 Å². The van der Waals surface area contributed by atoms with Gasteiger partial charge in [0.2, 0.25) is 5.91 Å². The van der Waals surface area contributed by atoms with E-state index in [0.29, 0.717) is 25.4 Å². The Morgan fingerprint density at radius 2 is 1.73 bits per heavy atom. The first kappa shape index (κ1) is 20.5. The average molecular weight is 367 g/mol. The highest BCUT2D eigenvalue weighted by atomic mass is 16.5. The number of primary amides is 1. The molecule has 2 atom stereocenters. The molecule has 0 saturated heterocycles. The Kier molecular flexibility index (Phi) is 8.19. The number of nitrogens with two attached hydrogens (primary N) is 1. The van der Waals surface area contributed by atoms with Gasteiger partial charge in [0.05, 0.1) is 6.61 Å². The van der Waals surface area contributed by atoms with Gasteiger partial charge in [0, 0.05) is 24.4 Å². The van der Waals surface area contributed by atoms with E-state index in [9.17, 15) is 14.4 Å². The maximum absolute atomic E-state index is 12.5. The van der Waals surface area contributed by atoms with Crippen LogP contribution in [0.5, 0.6) is 0 Å². The van der Waals surface area contributed by atoms with Crippen LogP contribution in [0.2, 0.25) is 0 Å². The van der Waals surface area contributed by atoms with E-state index in [4.69, 9.17) is 10.5 Å². The van der Waals surface area contributed by atoms with E-state index < -0.39 is 6.03 Å². The van der Waals surface area contributed by atoms with Crippen LogP contribution in [0.25, 0.3) is 0 Å². The lowest BCUT2D eigenvalue weighted by molar-refractivity contribution is -0.143. The van der Waals surface area contributed by atoms with Crippen LogP contribution in [-0.4, -0.2) is 36.6 Å². The Bertz CT molecular complexity index is 489. The summed E-state index contributed by atoms with van der Waals surface area (Å²) >= 11 is 0. The van der Waals surface area contributed by atoms with Crippen molar-refractivity contribution in [3.63, 3.8) is 0 Å². The van der Waals surface area contributed by atoms with Gasteiger partial charge < -0.3 is 21.1 Å². The predicted molar refractivity (Wildman–Crippen MR) is 98.2 cm³/mol. The molecule has 7 heteroatoms. The first-order valence-corrected chi connectivity index (χ1v) is 9.99. The summed E-state index contributed by atoms with van der Waals surface area (Å²) in [4.78, 5) is 35.0. The van der Waals surface area contributed by atoms with Crippen molar-refractivity contribution in [2.45, 2.75) is 83.2 Å². The zero-order chi connectivity index (χ0) is 18.9. The molecule has 2 saturated carbocycles. The Morgan fingerprint density at radius 1 is 1.00 bits per heavy atom. The maximum Gasteiger partial charge on any atom is 0.312 e. The largest absolute Gasteiger partial charge is 0.466 e. The van der Waals surface area contributed by atoms with Crippen LogP contribution in [-0.2, 0) is 14.3 Å². The van der Waals surface area contributed by atoms with Gasteiger partial charge in [0.1, 0.15) is 0 Å². The minimum Gasteiger partial charge on any atom is -0.466 e. The number of carbonyl (C=O) groups excluding carboxylic acids is 3. The van der Waals surface area contributed by atoms with E-state index in [-0.39, 0.29) is 29.9 Å². The van der Waals surface area contributed by atoms with Gasteiger partial charge in [0.15, 0.2) is 0 Å². The summed E-state index contributed by atoms with van der Waals surface area (Å²) in [5.74, 6) is 0.504. The van der Waals surface area contributed by atoms with Crippen LogP contribution in [0, 0.1) is 11.8 Å². The van der Waals surface area contributed by atoms with E-state index in [2.05, 4.69) is 10.6 Å². The smallest absolute Gasteiger partial charge is 0.312 e. The molecule has 2 fully saturated rings. The molecular weight excluding hydrogens is 334 g/mol. The molecule has 4 N–H and O–H groups in total. The Balaban J connectivity index is 1.67. The van der Waals surface area contributed by atoms with Gasteiger partial charge in [-0.2, -0.15) is 0 Å².